The Morgan fingerprint density at radius 3 is 1.33 bits per heavy atom. The van der Waals surface area contributed by atoms with Gasteiger partial charge >= 0.3 is 103 Å². The number of hydrogen-bond donors (Lipinski definition) is 4. The van der Waals surface area contributed by atoms with Gasteiger partial charge in [0.05, 0.1) is 57.5 Å². The molecule has 12 aliphatic rings. The van der Waals surface area contributed by atoms with E-state index in [2.05, 4.69) is 77.5 Å². The molecule has 12 fully saturated rings. The molecular formula is C92H135BrCl2F3K2N9O12. The minimum atomic E-state index is -0.589. The van der Waals surface area contributed by atoms with E-state index in [-0.39, 0.29) is 235 Å². The molecule has 3 aromatic carbocycles. The first-order valence-corrected chi connectivity index (χ1v) is 44.8. The molecule has 12 aliphatic carbocycles. The summed E-state index contributed by atoms with van der Waals surface area (Å²) in [6.07, 6.45) is 28.7. The Morgan fingerprint density at radius 1 is 0.521 bits per heavy atom. The third-order valence-electron chi connectivity index (χ3n) is 33.8. The Morgan fingerprint density at radius 2 is 0.917 bits per heavy atom. The predicted octanol–water partition coefficient (Wildman–Crippen LogP) is 12.5. The van der Waals surface area contributed by atoms with Gasteiger partial charge in [0, 0.05) is 39.1 Å². The zero-order chi connectivity index (χ0) is 83.0. The van der Waals surface area contributed by atoms with Gasteiger partial charge in [-0.2, -0.15) is 25.3 Å². The number of nitrogens with zero attached hydrogens (tertiary/aromatic N) is 8. The number of aromatic nitrogens is 9. The van der Waals surface area contributed by atoms with Gasteiger partial charge < -0.3 is 41.1 Å². The molecule has 0 aliphatic heterocycles. The Bertz CT molecular complexity index is 4580. The first kappa shape index (κ1) is 103. The number of alkyl halides is 1. The molecule has 0 saturated heterocycles. The third-order valence-corrected chi connectivity index (χ3v) is 35.0. The van der Waals surface area contributed by atoms with Crippen LogP contribution in [-0.4, -0.2) is 148 Å². The number of carbonyl (C=O) groups is 4. The number of ether oxygens (including phenoxy) is 3. The average molecular weight is 1850 g/mol. The molecule has 24 atom stereocenters. The summed E-state index contributed by atoms with van der Waals surface area (Å²) >= 11 is 15.2. The van der Waals surface area contributed by atoms with Gasteiger partial charge in [-0.1, -0.05) is 93.5 Å². The number of carbonyl (C=O) groups excluding carboxylic acids is 4. The normalized spacial score (nSPS) is 38.0. The molecule has 18 rings (SSSR count). The predicted molar refractivity (Wildman–Crippen MR) is 457 cm³/mol. The molecular weight excluding hydrogens is 1710 g/mol. The fourth-order valence-electron chi connectivity index (χ4n) is 28.7. The number of fused-ring (bicyclic) bond motifs is 18. The van der Waals surface area contributed by atoms with Crippen LogP contribution < -0.4 is 108 Å². The number of rotatable bonds is 15. The van der Waals surface area contributed by atoms with Crippen LogP contribution in [0.4, 0.5) is 13.2 Å². The number of benzene rings is 3. The fourth-order valence-corrected chi connectivity index (χ4v) is 29.3. The van der Waals surface area contributed by atoms with Crippen LogP contribution >= 0.6 is 39.1 Å². The smallest absolute Gasteiger partial charge is 1.00 e. The maximum atomic E-state index is 14.4. The van der Waals surface area contributed by atoms with Crippen molar-refractivity contribution < 1.29 is 176 Å². The van der Waals surface area contributed by atoms with Crippen LogP contribution in [0.2, 0.25) is 10.0 Å². The Balaban J connectivity index is 0.000000206. The minimum Gasteiger partial charge on any atom is -1.00 e. The minimum absolute atomic E-state index is 0. The number of aryl methyl sites for hydroxylation is 1. The maximum Gasteiger partial charge on any atom is 1.00 e. The van der Waals surface area contributed by atoms with E-state index in [4.69, 9.17) is 47.5 Å². The van der Waals surface area contributed by atoms with Gasteiger partial charge in [-0.3, -0.25) is 19.2 Å². The molecule has 6 aromatic rings. The number of hydrogen-bond acceptors (Lipinski definition) is 18. The van der Waals surface area contributed by atoms with Crippen LogP contribution in [0.15, 0.2) is 36.4 Å². The van der Waals surface area contributed by atoms with Crippen molar-refractivity contribution in [1.29, 1.82) is 0 Å². The first-order chi connectivity index (χ1) is 55.1. The number of Topliss-reactive ketones (excluding diaryl/α,β-unsaturated/α-hetero) is 3. The maximum absolute atomic E-state index is 14.4. The monoisotopic (exact) mass is 1840 g/mol. The van der Waals surface area contributed by atoms with Crippen molar-refractivity contribution in [2.45, 2.75) is 274 Å². The molecule has 0 unspecified atom stereocenters. The Labute approximate surface area is 819 Å². The molecule has 0 bridgehead atoms. The van der Waals surface area contributed by atoms with E-state index in [0.717, 1.165) is 154 Å². The van der Waals surface area contributed by atoms with Gasteiger partial charge in [0.25, 0.3) is 6.47 Å². The first-order valence-electron chi connectivity index (χ1n) is 43.0. The number of H-pyrrole nitrogens is 1. The zero-order valence-electron chi connectivity index (χ0n) is 72.4. The van der Waals surface area contributed by atoms with Crippen molar-refractivity contribution in [3.8, 4) is 0 Å². The molecule has 21 nitrogen and oxygen atoms in total. The van der Waals surface area contributed by atoms with E-state index in [1.807, 2.05) is 42.1 Å². The molecule has 0 amide bonds. The summed E-state index contributed by atoms with van der Waals surface area (Å²) < 4.78 is 61.0. The largest absolute Gasteiger partial charge is 1.00 e. The second kappa shape index (κ2) is 40.9. The summed E-state index contributed by atoms with van der Waals surface area (Å²) in [4.78, 5) is 52.6. The van der Waals surface area contributed by atoms with Crippen LogP contribution in [0, 0.1) is 146 Å². The summed E-state index contributed by atoms with van der Waals surface area (Å²) in [5.74, 6) is 6.72. The van der Waals surface area contributed by atoms with Crippen molar-refractivity contribution in [1.82, 2.24) is 45.4 Å². The molecule has 664 valence electrons. The summed E-state index contributed by atoms with van der Waals surface area (Å²) in [6.45, 7) is 17.3. The number of nitrogens with one attached hydrogen (secondary N) is 1. The van der Waals surface area contributed by atoms with E-state index in [9.17, 15) is 42.9 Å². The Hall–Kier alpha value is -1.82. The number of halogens is 6. The van der Waals surface area contributed by atoms with E-state index in [1.54, 1.807) is 31.2 Å². The number of aromatic amines is 1. The SMILES string of the molecule is C.C.C.COC[C@]12CC[C@@](C)(O)C[C@H]1CC[C@H]1[C@@H]3CC[C@H](C(=O)CBr)[C@@]3(C)CC[C@@H]12.COC[C@]12CC[C@@](C)(O)C[C@H]1CC[C@H]1[C@@H]3CC[C@H](C(=O)Cn4nc5ccc(Cl)c(F)c5n4)[C@@]3(C)CC[C@@H]12.COC[C@]12CC[C@@](C)(O)C[C@H]1CC[C@H]1[C@@H]3CC[C@H](C(=O)Cn4nnc5c(F)c(Cl)ccc54)[C@@]3(C)CC[C@@H]12.Cc1ccc2n[nH]nc2c1F.O=CO[O-].[H-].[K+].[K+]. The number of ketones is 3. The van der Waals surface area contributed by atoms with Gasteiger partial charge in [-0.15, -0.1) is 10.2 Å². The molecule has 29 heteroatoms. The average Bonchev–Trinajstić information content (AvgIpc) is 1.42. The topological polar surface area (TPSA) is 292 Å². The quantitative estimate of drug-likeness (QED) is 0.0244. The van der Waals surface area contributed by atoms with Crippen LogP contribution in [0.1, 0.15) is 244 Å². The van der Waals surface area contributed by atoms with Gasteiger partial charge in [0.1, 0.15) is 46.5 Å². The van der Waals surface area contributed by atoms with Crippen LogP contribution in [0.5, 0.6) is 0 Å². The molecule has 0 spiro atoms. The van der Waals surface area contributed by atoms with E-state index in [1.165, 1.54) is 66.6 Å². The third kappa shape index (κ3) is 19.3. The van der Waals surface area contributed by atoms with Crippen LogP contribution in [0.25, 0.3) is 33.1 Å². The summed E-state index contributed by atoms with van der Waals surface area (Å²) in [7, 11) is 5.51. The Kier molecular flexibility index (Phi) is 34.8. The summed E-state index contributed by atoms with van der Waals surface area (Å²) in [5, 5.41) is 67.9. The van der Waals surface area contributed by atoms with Crippen molar-refractivity contribution in [3.63, 3.8) is 0 Å². The van der Waals surface area contributed by atoms with Gasteiger partial charge in [-0.05, 0) is 340 Å². The summed E-state index contributed by atoms with van der Waals surface area (Å²) in [6, 6.07) is 9.71. The molecule has 12 saturated carbocycles. The van der Waals surface area contributed by atoms with Crippen LogP contribution in [-0.2, 0) is 51.4 Å². The van der Waals surface area contributed by atoms with E-state index < -0.39 is 28.4 Å². The second-order valence-corrected chi connectivity index (χ2v) is 41.0. The zero-order valence-corrected chi connectivity index (χ0v) is 80.7. The van der Waals surface area contributed by atoms with Gasteiger partial charge in [0.2, 0.25) is 0 Å². The van der Waals surface area contributed by atoms with Crippen molar-refractivity contribution in [2.75, 3.05) is 46.5 Å². The van der Waals surface area contributed by atoms with Crippen molar-refractivity contribution in [3.05, 3.63) is 69.5 Å². The van der Waals surface area contributed by atoms with E-state index >= 15 is 0 Å². The van der Waals surface area contributed by atoms with Gasteiger partial charge in [-0.25, -0.2) is 17.9 Å². The molecule has 121 heavy (non-hydrogen) atoms. The fraction of sp³-hybridized carbons (Fsp3) is 0.761. The van der Waals surface area contributed by atoms with Crippen molar-refractivity contribution >= 4 is 96.1 Å². The summed E-state index contributed by atoms with van der Waals surface area (Å²) in [5.41, 5.74) is 1.67. The molecule has 3 aromatic heterocycles. The van der Waals surface area contributed by atoms with Crippen molar-refractivity contribution in [2.24, 2.45) is 121 Å². The van der Waals surface area contributed by atoms with E-state index in [0.29, 0.717) is 104 Å². The van der Waals surface area contributed by atoms with Crippen LogP contribution in [0.3, 0.4) is 0 Å². The second-order valence-electron chi connectivity index (χ2n) is 39.6. The standard InChI is InChI=1S/2C29H39ClFN3O3.C23H37BrO3.C7H6FN3.CH2O3.3CH4.2K.H/c1-27(36)12-13-29(16-37-3)17(14-27)4-5-18-19-6-7-21(28(19,2)11-10-20(18)29)24(35)15-34-23-9-8-22(30)25(31)26(23)32-33-34;1-27(36)12-13-29(16-37-3)17(14-27)4-5-18-19-6-7-21(28(19,2)11-10-20(18)29)24(35)15-34-32-23-9-8-22(30)25(31)26(23)33-34;1-21(26)10-11-23(14-27-3)15(12-21)4-5-16-17-6-7-19(20(25)13-24)22(17,2)9-8-18(16)23;1-4-2-3-5-7(6(4)8)10-11-9-5;2-1-4-3;;;;;;/h2*8-9,17-21,36H,4-7,10-16H2,1-3H3;15-19,26H,4-14H2,1-3H3;2-3H,1H3,(H,9,10,11);1,3H;3*1H4;;;/q;;;;;;;;2*+1;-1/p-1/t2*17-,18+,19+,20+,21-,27-,28+,29-;15-,16+,17+,18+,19-,21-,22+,23-;;;;;;;;/m111......../s1. The number of aliphatic hydroxyl groups is 3. The molecule has 4 N–H and O–H groups in total. The molecule has 0 radical (unpaired) electrons. The number of methoxy groups -OCH3 is 3. The van der Waals surface area contributed by atoms with Gasteiger partial charge in [0.15, 0.2) is 29.0 Å². The molecule has 3 heterocycles.